The number of halogens is 1. The van der Waals surface area contributed by atoms with Crippen LogP contribution >= 0.6 is 22.6 Å². The zero-order chi connectivity index (χ0) is 14.8. The largest absolute Gasteiger partial charge is 0.385 e. The van der Waals surface area contributed by atoms with E-state index >= 15 is 0 Å². The SMILES string of the molecule is COCCCN(CCOC)CC(=O)c1ccc(I)cc1. The van der Waals surface area contributed by atoms with E-state index in [1.807, 2.05) is 24.3 Å². The summed E-state index contributed by atoms with van der Waals surface area (Å²) in [5.41, 5.74) is 0.763. The zero-order valence-corrected chi connectivity index (χ0v) is 14.3. The molecule has 1 rings (SSSR count). The number of hydrogen-bond acceptors (Lipinski definition) is 4. The summed E-state index contributed by atoms with van der Waals surface area (Å²) in [5, 5.41) is 0. The van der Waals surface area contributed by atoms with Gasteiger partial charge >= 0.3 is 0 Å². The Morgan fingerprint density at radius 3 is 2.35 bits per heavy atom. The Labute approximate surface area is 134 Å². The average molecular weight is 391 g/mol. The molecule has 0 radical (unpaired) electrons. The van der Waals surface area contributed by atoms with E-state index in [9.17, 15) is 4.79 Å². The molecule has 0 N–H and O–H groups in total. The van der Waals surface area contributed by atoms with E-state index in [4.69, 9.17) is 9.47 Å². The molecule has 0 aliphatic rings. The van der Waals surface area contributed by atoms with Gasteiger partial charge in [-0.25, -0.2) is 0 Å². The normalized spacial score (nSPS) is 11.0. The van der Waals surface area contributed by atoms with Gasteiger partial charge in [0.05, 0.1) is 13.2 Å². The van der Waals surface area contributed by atoms with Gasteiger partial charge in [0, 0.05) is 43.0 Å². The summed E-state index contributed by atoms with van der Waals surface area (Å²) in [6.07, 6.45) is 0.917. The lowest BCUT2D eigenvalue weighted by Crippen LogP contribution is -2.34. The lowest BCUT2D eigenvalue weighted by molar-refractivity contribution is 0.0878. The molecule has 0 unspecified atom stereocenters. The monoisotopic (exact) mass is 391 g/mol. The third-order valence-corrected chi connectivity index (χ3v) is 3.69. The van der Waals surface area contributed by atoms with E-state index in [0.717, 1.165) is 28.6 Å². The Hall–Kier alpha value is -0.500. The van der Waals surface area contributed by atoms with E-state index in [2.05, 4.69) is 27.5 Å². The topological polar surface area (TPSA) is 38.8 Å². The summed E-state index contributed by atoms with van der Waals surface area (Å²) >= 11 is 2.23. The van der Waals surface area contributed by atoms with Crippen molar-refractivity contribution < 1.29 is 14.3 Å². The van der Waals surface area contributed by atoms with Crippen molar-refractivity contribution in [2.24, 2.45) is 0 Å². The number of carbonyl (C=O) groups is 1. The highest BCUT2D eigenvalue weighted by Gasteiger charge is 2.12. The van der Waals surface area contributed by atoms with Crippen LogP contribution in [0.3, 0.4) is 0 Å². The van der Waals surface area contributed by atoms with E-state index in [1.54, 1.807) is 14.2 Å². The standard InChI is InChI=1S/C15H22INO3/c1-19-10-3-8-17(9-11-20-2)12-15(18)13-4-6-14(16)7-5-13/h4-7H,3,8-12H2,1-2H3. The van der Waals surface area contributed by atoms with E-state index in [0.29, 0.717) is 19.8 Å². The zero-order valence-electron chi connectivity index (χ0n) is 12.1. The Bertz CT molecular complexity index is 395. The van der Waals surface area contributed by atoms with E-state index in [-0.39, 0.29) is 5.78 Å². The van der Waals surface area contributed by atoms with Gasteiger partial charge in [0.2, 0.25) is 0 Å². The van der Waals surface area contributed by atoms with Gasteiger partial charge in [-0.2, -0.15) is 0 Å². The molecule has 1 aromatic rings. The minimum Gasteiger partial charge on any atom is -0.385 e. The number of rotatable bonds is 10. The van der Waals surface area contributed by atoms with Crippen molar-refractivity contribution in [3.8, 4) is 0 Å². The van der Waals surface area contributed by atoms with Crippen LogP contribution in [-0.2, 0) is 9.47 Å². The summed E-state index contributed by atoms with van der Waals surface area (Å²) in [5.74, 6) is 0.148. The second-order valence-electron chi connectivity index (χ2n) is 4.55. The van der Waals surface area contributed by atoms with Crippen LogP contribution in [0.5, 0.6) is 0 Å². The fourth-order valence-corrected chi connectivity index (χ4v) is 2.21. The van der Waals surface area contributed by atoms with Crippen molar-refractivity contribution >= 4 is 28.4 Å². The molecular weight excluding hydrogens is 369 g/mol. The smallest absolute Gasteiger partial charge is 0.176 e. The summed E-state index contributed by atoms with van der Waals surface area (Å²) in [6, 6.07) is 7.68. The molecule has 20 heavy (non-hydrogen) atoms. The number of Topliss-reactive ketones (excluding diaryl/α,β-unsaturated/α-hetero) is 1. The van der Waals surface area contributed by atoms with Crippen LogP contribution in [0.25, 0.3) is 0 Å². The van der Waals surface area contributed by atoms with Gasteiger partial charge in [-0.3, -0.25) is 9.69 Å². The molecule has 112 valence electrons. The summed E-state index contributed by atoms with van der Waals surface area (Å²) < 4.78 is 11.3. The molecule has 5 heteroatoms. The van der Waals surface area contributed by atoms with Gasteiger partial charge in [0.15, 0.2) is 5.78 Å². The fraction of sp³-hybridized carbons (Fsp3) is 0.533. The molecule has 0 saturated heterocycles. The average Bonchev–Trinajstić information content (AvgIpc) is 2.45. The molecule has 0 atom stereocenters. The van der Waals surface area contributed by atoms with Crippen LogP contribution < -0.4 is 0 Å². The van der Waals surface area contributed by atoms with Gasteiger partial charge < -0.3 is 9.47 Å². The lowest BCUT2D eigenvalue weighted by Gasteiger charge is -2.21. The first-order chi connectivity index (χ1) is 9.67. The first-order valence-electron chi connectivity index (χ1n) is 6.66. The first-order valence-corrected chi connectivity index (χ1v) is 7.74. The molecule has 4 nitrogen and oxygen atoms in total. The van der Waals surface area contributed by atoms with Crippen LogP contribution in [0.4, 0.5) is 0 Å². The number of ketones is 1. The van der Waals surface area contributed by atoms with Crippen LogP contribution in [0.2, 0.25) is 0 Å². The molecule has 0 aliphatic carbocycles. The summed E-state index contributed by atoms with van der Waals surface area (Å²) in [6.45, 7) is 3.37. The Morgan fingerprint density at radius 2 is 1.75 bits per heavy atom. The van der Waals surface area contributed by atoms with Crippen molar-refractivity contribution in [1.29, 1.82) is 0 Å². The molecular formula is C15H22INO3. The maximum Gasteiger partial charge on any atom is 0.176 e. The molecule has 0 aliphatic heterocycles. The third kappa shape index (κ3) is 6.78. The number of methoxy groups -OCH3 is 2. The number of carbonyl (C=O) groups excluding carboxylic acids is 1. The van der Waals surface area contributed by atoms with Crippen LogP contribution in [-0.4, -0.2) is 57.8 Å². The van der Waals surface area contributed by atoms with Gasteiger partial charge in [-0.15, -0.1) is 0 Å². The van der Waals surface area contributed by atoms with E-state index in [1.165, 1.54) is 0 Å². The molecule has 0 bridgehead atoms. The van der Waals surface area contributed by atoms with Gasteiger partial charge in [-0.1, -0.05) is 12.1 Å². The van der Waals surface area contributed by atoms with Crippen LogP contribution in [0, 0.1) is 3.57 Å². The molecule has 0 heterocycles. The van der Waals surface area contributed by atoms with Crippen molar-refractivity contribution in [3.63, 3.8) is 0 Å². The lowest BCUT2D eigenvalue weighted by atomic mass is 10.1. The van der Waals surface area contributed by atoms with E-state index < -0.39 is 0 Å². The minimum atomic E-state index is 0.148. The van der Waals surface area contributed by atoms with Gasteiger partial charge in [-0.05, 0) is 41.1 Å². The second kappa shape index (κ2) is 10.3. The summed E-state index contributed by atoms with van der Waals surface area (Å²) in [4.78, 5) is 14.4. The Balaban J connectivity index is 2.53. The van der Waals surface area contributed by atoms with Crippen LogP contribution in [0.15, 0.2) is 24.3 Å². The highest BCUT2D eigenvalue weighted by Crippen LogP contribution is 2.08. The highest BCUT2D eigenvalue weighted by molar-refractivity contribution is 14.1. The maximum absolute atomic E-state index is 12.2. The molecule has 0 fully saturated rings. The Kier molecular flexibility index (Phi) is 9.00. The molecule has 0 amide bonds. The first kappa shape index (κ1) is 17.6. The predicted octanol–water partition coefficient (Wildman–Crippen LogP) is 2.46. The highest BCUT2D eigenvalue weighted by atomic mass is 127. The number of ether oxygens (including phenoxy) is 2. The predicted molar refractivity (Wildman–Crippen MR) is 88.3 cm³/mol. The minimum absolute atomic E-state index is 0.148. The fourth-order valence-electron chi connectivity index (χ4n) is 1.85. The van der Waals surface area contributed by atoms with Gasteiger partial charge in [0.25, 0.3) is 0 Å². The Morgan fingerprint density at radius 1 is 1.10 bits per heavy atom. The number of benzene rings is 1. The summed E-state index contributed by atoms with van der Waals surface area (Å²) in [7, 11) is 3.37. The number of hydrogen-bond donors (Lipinski definition) is 0. The van der Waals surface area contributed by atoms with Crippen molar-refractivity contribution in [1.82, 2.24) is 4.90 Å². The molecule has 0 aromatic heterocycles. The molecule has 0 spiro atoms. The van der Waals surface area contributed by atoms with Crippen molar-refractivity contribution in [2.75, 3.05) is 47.1 Å². The van der Waals surface area contributed by atoms with Crippen molar-refractivity contribution in [3.05, 3.63) is 33.4 Å². The quantitative estimate of drug-likeness (QED) is 0.349. The molecule has 1 aromatic carbocycles. The maximum atomic E-state index is 12.2. The third-order valence-electron chi connectivity index (χ3n) is 2.97. The number of nitrogens with zero attached hydrogens (tertiary/aromatic N) is 1. The van der Waals surface area contributed by atoms with Gasteiger partial charge in [0.1, 0.15) is 0 Å². The van der Waals surface area contributed by atoms with Crippen LogP contribution in [0.1, 0.15) is 16.8 Å². The molecule has 0 saturated carbocycles. The van der Waals surface area contributed by atoms with Crippen molar-refractivity contribution in [2.45, 2.75) is 6.42 Å². The second-order valence-corrected chi connectivity index (χ2v) is 5.79.